The number of aliphatic hydroxyl groups is 1. The number of aromatic nitrogens is 2. The van der Waals surface area contributed by atoms with E-state index in [9.17, 15) is 4.79 Å². The van der Waals surface area contributed by atoms with Crippen LogP contribution in [0.1, 0.15) is 12.8 Å². The lowest BCUT2D eigenvalue weighted by atomic mass is 10.2. The molecule has 4 heteroatoms. The Kier molecular flexibility index (Phi) is 3.31. The molecule has 0 radical (unpaired) electrons. The Morgan fingerprint density at radius 3 is 2.88 bits per heavy atom. The second kappa shape index (κ2) is 4.90. The highest BCUT2D eigenvalue weighted by Gasteiger charge is 2.02. The van der Waals surface area contributed by atoms with E-state index in [0.717, 1.165) is 11.8 Å². The zero-order chi connectivity index (χ0) is 11.4. The zero-order valence-corrected chi connectivity index (χ0v) is 8.97. The van der Waals surface area contributed by atoms with Gasteiger partial charge in [0.05, 0.1) is 11.6 Å². The van der Waals surface area contributed by atoms with Crippen LogP contribution in [0.25, 0.3) is 10.8 Å². The quantitative estimate of drug-likeness (QED) is 0.784. The first kappa shape index (κ1) is 10.8. The van der Waals surface area contributed by atoms with Crippen molar-refractivity contribution in [1.29, 1.82) is 0 Å². The third-order valence-electron chi connectivity index (χ3n) is 2.54. The lowest BCUT2D eigenvalue weighted by Gasteiger charge is -2.04. The van der Waals surface area contributed by atoms with Gasteiger partial charge in [0.15, 0.2) is 0 Å². The molecule has 84 valence electrons. The van der Waals surface area contributed by atoms with E-state index in [-0.39, 0.29) is 12.2 Å². The number of nitrogens with zero attached hydrogens (tertiary/aromatic N) is 2. The Morgan fingerprint density at radius 2 is 2.06 bits per heavy atom. The number of aliphatic hydroxyl groups excluding tert-OH is 1. The molecule has 0 aliphatic rings. The van der Waals surface area contributed by atoms with Crippen LogP contribution in [0.15, 0.2) is 35.3 Å². The average Bonchev–Trinajstić information content (AvgIpc) is 2.33. The molecule has 2 aromatic rings. The van der Waals surface area contributed by atoms with E-state index in [1.807, 2.05) is 24.3 Å². The maximum atomic E-state index is 12.0. The smallest absolute Gasteiger partial charge is 0.274 e. The van der Waals surface area contributed by atoms with Gasteiger partial charge in [0.25, 0.3) is 5.56 Å². The van der Waals surface area contributed by atoms with Crippen LogP contribution in [-0.4, -0.2) is 21.5 Å². The largest absolute Gasteiger partial charge is 0.396 e. The summed E-state index contributed by atoms with van der Waals surface area (Å²) in [6.45, 7) is 0.715. The molecule has 0 saturated heterocycles. The molecule has 0 aliphatic heterocycles. The molecule has 0 fully saturated rings. The predicted octanol–water partition coefficient (Wildman–Crippen LogP) is 1.17. The van der Waals surface area contributed by atoms with Gasteiger partial charge in [-0.2, -0.15) is 5.10 Å². The summed E-state index contributed by atoms with van der Waals surface area (Å²) >= 11 is 0. The minimum atomic E-state index is -0.0592. The molecule has 1 N–H and O–H groups in total. The summed E-state index contributed by atoms with van der Waals surface area (Å²) < 4.78 is 1.46. The fourth-order valence-corrected chi connectivity index (χ4v) is 1.66. The summed E-state index contributed by atoms with van der Waals surface area (Å²) in [5, 5.41) is 14.3. The van der Waals surface area contributed by atoms with Gasteiger partial charge < -0.3 is 5.11 Å². The zero-order valence-electron chi connectivity index (χ0n) is 8.97. The van der Waals surface area contributed by atoms with E-state index >= 15 is 0 Å². The third-order valence-corrected chi connectivity index (χ3v) is 2.54. The summed E-state index contributed by atoms with van der Waals surface area (Å²) in [6.07, 6.45) is 3.17. The predicted molar refractivity (Wildman–Crippen MR) is 62.3 cm³/mol. The van der Waals surface area contributed by atoms with Crippen molar-refractivity contribution in [2.24, 2.45) is 0 Å². The number of hydrogen-bond acceptors (Lipinski definition) is 3. The molecule has 1 aromatic carbocycles. The standard InChI is InChI=1S/C12H14N2O2/c15-8-4-3-7-14-12(16)11-6-2-1-5-10(11)9-13-14/h1-2,5-6,9,15H,3-4,7-8H2. The van der Waals surface area contributed by atoms with Gasteiger partial charge >= 0.3 is 0 Å². The molecule has 0 atom stereocenters. The maximum Gasteiger partial charge on any atom is 0.274 e. The second-order valence-electron chi connectivity index (χ2n) is 3.69. The number of unbranched alkanes of at least 4 members (excludes halogenated alkanes) is 1. The van der Waals surface area contributed by atoms with Crippen LogP contribution in [-0.2, 0) is 6.54 Å². The van der Waals surface area contributed by atoms with Crippen LogP contribution in [0.3, 0.4) is 0 Å². The van der Waals surface area contributed by atoms with Gasteiger partial charge in [-0.3, -0.25) is 4.79 Å². The Morgan fingerprint density at radius 1 is 1.25 bits per heavy atom. The van der Waals surface area contributed by atoms with Crippen LogP contribution < -0.4 is 5.56 Å². The summed E-state index contributed by atoms with van der Waals surface area (Å²) in [7, 11) is 0. The van der Waals surface area contributed by atoms with Crippen molar-refractivity contribution in [2.45, 2.75) is 19.4 Å². The molecule has 16 heavy (non-hydrogen) atoms. The normalized spacial score (nSPS) is 10.8. The van der Waals surface area contributed by atoms with Gasteiger partial charge in [0.2, 0.25) is 0 Å². The molecule has 0 spiro atoms. The Labute approximate surface area is 93.1 Å². The first-order valence-corrected chi connectivity index (χ1v) is 5.38. The van der Waals surface area contributed by atoms with Gasteiger partial charge in [0.1, 0.15) is 0 Å². The van der Waals surface area contributed by atoms with Crippen LogP contribution in [0.4, 0.5) is 0 Å². The van der Waals surface area contributed by atoms with Crippen LogP contribution >= 0.6 is 0 Å². The first-order valence-electron chi connectivity index (χ1n) is 5.38. The molecule has 0 amide bonds. The molecule has 4 nitrogen and oxygen atoms in total. The average molecular weight is 218 g/mol. The van der Waals surface area contributed by atoms with E-state index in [2.05, 4.69) is 5.10 Å². The van der Waals surface area contributed by atoms with Crippen molar-refractivity contribution in [3.8, 4) is 0 Å². The fourth-order valence-electron chi connectivity index (χ4n) is 1.66. The van der Waals surface area contributed by atoms with Crippen molar-refractivity contribution in [3.63, 3.8) is 0 Å². The monoisotopic (exact) mass is 218 g/mol. The van der Waals surface area contributed by atoms with Gasteiger partial charge in [-0.15, -0.1) is 0 Å². The van der Waals surface area contributed by atoms with Crippen molar-refractivity contribution in [2.75, 3.05) is 6.61 Å². The molecule has 0 unspecified atom stereocenters. The number of fused-ring (bicyclic) bond motifs is 1. The summed E-state index contributed by atoms with van der Waals surface area (Å²) in [5.74, 6) is 0. The molecule has 0 saturated carbocycles. The van der Waals surface area contributed by atoms with Gasteiger partial charge in [-0.05, 0) is 18.9 Å². The highest BCUT2D eigenvalue weighted by atomic mass is 16.2. The highest BCUT2D eigenvalue weighted by molar-refractivity contribution is 5.80. The van der Waals surface area contributed by atoms with E-state index in [4.69, 9.17) is 5.11 Å². The van der Waals surface area contributed by atoms with E-state index in [0.29, 0.717) is 18.4 Å². The van der Waals surface area contributed by atoms with Crippen molar-refractivity contribution >= 4 is 10.8 Å². The Balaban J connectivity index is 2.33. The van der Waals surface area contributed by atoms with Gasteiger partial charge in [0, 0.05) is 18.5 Å². The third kappa shape index (κ3) is 2.12. The molecule has 0 aliphatic carbocycles. The molecule has 1 aromatic heterocycles. The fraction of sp³-hybridized carbons (Fsp3) is 0.333. The summed E-state index contributed by atoms with van der Waals surface area (Å²) in [5.41, 5.74) is -0.0592. The Hall–Kier alpha value is -1.68. The van der Waals surface area contributed by atoms with Gasteiger partial charge in [-0.25, -0.2) is 4.68 Å². The van der Waals surface area contributed by atoms with E-state index < -0.39 is 0 Å². The van der Waals surface area contributed by atoms with Crippen molar-refractivity contribution < 1.29 is 5.11 Å². The number of benzene rings is 1. The van der Waals surface area contributed by atoms with Crippen LogP contribution in [0.5, 0.6) is 0 Å². The lowest BCUT2D eigenvalue weighted by molar-refractivity contribution is 0.279. The van der Waals surface area contributed by atoms with Crippen LogP contribution in [0.2, 0.25) is 0 Å². The van der Waals surface area contributed by atoms with Gasteiger partial charge in [-0.1, -0.05) is 18.2 Å². The number of hydrogen-bond donors (Lipinski definition) is 1. The molecular formula is C12H14N2O2. The maximum absolute atomic E-state index is 12.0. The minimum Gasteiger partial charge on any atom is -0.396 e. The molecule has 1 heterocycles. The second-order valence-corrected chi connectivity index (χ2v) is 3.69. The topological polar surface area (TPSA) is 55.1 Å². The number of rotatable bonds is 4. The van der Waals surface area contributed by atoms with E-state index in [1.165, 1.54) is 4.68 Å². The minimum absolute atomic E-state index is 0.0592. The highest BCUT2D eigenvalue weighted by Crippen LogP contribution is 2.06. The molecule has 0 bridgehead atoms. The van der Waals surface area contributed by atoms with E-state index in [1.54, 1.807) is 6.20 Å². The lowest BCUT2D eigenvalue weighted by Crippen LogP contribution is -2.22. The Bertz CT molecular complexity index is 534. The summed E-state index contributed by atoms with van der Waals surface area (Å²) in [4.78, 5) is 12.0. The van der Waals surface area contributed by atoms with Crippen molar-refractivity contribution in [3.05, 3.63) is 40.8 Å². The SMILES string of the molecule is O=c1c2ccccc2cnn1CCCCO. The molecule has 2 rings (SSSR count). The van der Waals surface area contributed by atoms with Crippen molar-refractivity contribution in [1.82, 2.24) is 9.78 Å². The van der Waals surface area contributed by atoms with Crippen LogP contribution in [0, 0.1) is 0 Å². The summed E-state index contributed by atoms with van der Waals surface area (Å²) in [6, 6.07) is 7.42. The molecular weight excluding hydrogens is 204 g/mol. The first-order chi connectivity index (χ1) is 7.83. The number of aryl methyl sites for hydroxylation is 1.